The van der Waals surface area contributed by atoms with Crippen LogP contribution in [0.3, 0.4) is 0 Å². The molecule has 0 aliphatic carbocycles. The van der Waals surface area contributed by atoms with Gasteiger partial charge in [-0.15, -0.1) is 0 Å². The number of carbonyl (C=O) groups excluding carboxylic acids is 1. The molecule has 1 aromatic carbocycles. The van der Waals surface area contributed by atoms with E-state index in [4.69, 9.17) is 19.3 Å². The molecule has 0 aromatic heterocycles. The minimum absolute atomic E-state index is 0.107. The predicted octanol–water partition coefficient (Wildman–Crippen LogP) is 0.535. The van der Waals surface area contributed by atoms with Crippen LogP contribution in [0.25, 0.3) is 0 Å². The SMILES string of the molecule is COc1cccc(OC)c1C(=O)NCCOCC(=O)O. The van der Waals surface area contributed by atoms with Crippen molar-refractivity contribution < 1.29 is 28.9 Å². The molecule has 0 saturated heterocycles. The summed E-state index contributed by atoms with van der Waals surface area (Å²) in [5, 5.41) is 11.0. The highest BCUT2D eigenvalue weighted by Gasteiger charge is 2.17. The van der Waals surface area contributed by atoms with Crippen molar-refractivity contribution >= 4 is 11.9 Å². The lowest BCUT2D eigenvalue weighted by Gasteiger charge is -2.12. The van der Waals surface area contributed by atoms with Crippen molar-refractivity contribution in [1.82, 2.24) is 5.32 Å². The number of nitrogens with one attached hydrogen (secondary N) is 1. The lowest BCUT2D eigenvalue weighted by molar-refractivity contribution is -0.142. The van der Waals surface area contributed by atoms with Gasteiger partial charge in [-0.05, 0) is 12.1 Å². The summed E-state index contributed by atoms with van der Waals surface area (Å²) in [5.74, 6) is -0.637. The topological polar surface area (TPSA) is 94.1 Å². The number of aliphatic carboxylic acids is 1. The van der Waals surface area contributed by atoms with Crippen LogP contribution in [0.1, 0.15) is 10.4 Å². The third-order valence-corrected chi connectivity index (χ3v) is 2.41. The van der Waals surface area contributed by atoms with Crippen molar-refractivity contribution in [1.29, 1.82) is 0 Å². The Kier molecular flexibility index (Phi) is 6.31. The monoisotopic (exact) mass is 283 g/mol. The highest BCUT2D eigenvalue weighted by Crippen LogP contribution is 2.27. The second-order valence-electron chi connectivity index (χ2n) is 3.74. The van der Waals surface area contributed by atoms with E-state index < -0.39 is 12.6 Å². The van der Waals surface area contributed by atoms with Crippen LogP contribution in [0.15, 0.2) is 18.2 Å². The van der Waals surface area contributed by atoms with Crippen molar-refractivity contribution in [3.8, 4) is 11.5 Å². The number of ether oxygens (including phenoxy) is 3. The molecule has 110 valence electrons. The normalized spacial score (nSPS) is 9.90. The molecule has 0 aliphatic heterocycles. The minimum atomic E-state index is -1.05. The fourth-order valence-electron chi connectivity index (χ4n) is 1.56. The van der Waals surface area contributed by atoms with Crippen LogP contribution in [0, 0.1) is 0 Å². The van der Waals surface area contributed by atoms with Gasteiger partial charge in [0.15, 0.2) is 0 Å². The maximum atomic E-state index is 12.1. The number of amides is 1. The lowest BCUT2D eigenvalue weighted by atomic mass is 10.1. The van der Waals surface area contributed by atoms with Crippen LogP contribution < -0.4 is 14.8 Å². The first-order chi connectivity index (χ1) is 9.60. The van der Waals surface area contributed by atoms with Gasteiger partial charge in [0.05, 0.1) is 20.8 Å². The number of rotatable bonds is 8. The molecule has 1 rings (SSSR count). The first-order valence-electron chi connectivity index (χ1n) is 5.89. The van der Waals surface area contributed by atoms with Gasteiger partial charge in [0.1, 0.15) is 23.7 Å². The third-order valence-electron chi connectivity index (χ3n) is 2.41. The van der Waals surface area contributed by atoms with Gasteiger partial charge >= 0.3 is 5.97 Å². The summed E-state index contributed by atoms with van der Waals surface area (Å²) in [5.41, 5.74) is 0.288. The summed E-state index contributed by atoms with van der Waals surface area (Å²) in [6, 6.07) is 5.02. The Bertz CT molecular complexity index is 452. The maximum absolute atomic E-state index is 12.1. The van der Waals surface area contributed by atoms with E-state index in [1.807, 2.05) is 0 Å². The first kappa shape index (κ1) is 15.8. The first-order valence-corrected chi connectivity index (χ1v) is 5.89. The second-order valence-corrected chi connectivity index (χ2v) is 3.74. The van der Waals surface area contributed by atoms with Crippen LogP contribution in [-0.2, 0) is 9.53 Å². The van der Waals surface area contributed by atoms with Crippen LogP contribution >= 0.6 is 0 Å². The van der Waals surface area contributed by atoms with Gasteiger partial charge in [-0.25, -0.2) is 4.79 Å². The fourth-order valence-corrected chi connectivity index (χ4v) is 1.56. The van der Waals surface area contributed by atoms with Gasteiger partial charge in [0, 0.05) is 6.54 Å². The van der Waals surface area contributed by atoms with Crippen molar-refractivity contribution in [3.63, 3.8) is 0 Å². The molecule has 0 saturated carbocycles. The number of carbonyl (C=O) groups is 2. The summed E-state index contributed by atoms with van der Waals surface area (Å²) in [7, 11) is 2.92. The van der Waals surface area contributed by atoms with Gasteiger partial charge in [0.2, 0.25) is 0 Å². The quantitative estimate of drug-likeness (QED) is 0.676. The summed E-state index contributed by atoms with van der Waals surface area (Å²) in [6.07, 6.45) is 0. The molecule has 0 spiro atoms. The largest absolute Gasteiger partial charge is 0.496 e. The highest BCUT2D eigenvalue weighted by atomic mass is 16.5. The van der Waals surface area contributed by atoms with Crippen LogP contribution in [0.4, 0.5) is 0 Å². The molecule has 0 fully saturated rings. The van der Waals surface area contributed by atoms with E-state index in [0.29, 0.717) is 11.5 Å². The van der Waals surface area contributed by atoms with Gasteiger partial charge in [-0.3, -0.25) is 4.79 Å². The standard InChI is InChI=1S/C13H17NO6/c1-18-9-4-3-5-10(19-2)12(9)13(17)14-6-7-20-8-11(15)16/h3-5H,6-8H2,1-2H3,(H,14,17)(H,15,16). The van der Waals surface area contributed by atoms with E-state index >= 15 is 0 Å². The molecular weight excluding hydrogens is 266 g/mol. The number of hydrogen-bond acceptors (Lipinski definition) is 5. The Morgan fingerprint density at radius 1 is 1.20 bits per heavy atom. The van der Waals surface area contributed by atoms with E-state index in [0.717, 1.165) is 0 Å². The predicted molar refractivity (Wildman–Crippen MR) is 70.3 cm³/mol. The number of carboxylic acids is 1. The number of hydrogen-bond donors (Lipinski definition) is 2. The summed E-state index contributed by atoms with van der Waals surface area (Å²) in [6.45, 7) is -0.101. The molecule has 7 nitrogen and oxygen atoms in total. The Labute approximate surface area is 116 Å². The highest BCUT2D eigenvalue weighted by molar-refractivity contribution is 5.99. The zero-order chi connectivity index (χ0) is 15.0. The van der Waals surface area contributed by atoms with E-state index in [2.05, 4.69) is 5.32 Å². The molecule has 0 unspecified atom stereocenters. The van der Waals surface area contributed by atoms with E-state index in [1.165, 1.54) is 14.2 Å². The van der Waals surface area contributed by atoms with Crippen molar-refractivity contribution in [2.45, 2.75) is 0 Å². The molecule has 0 atom stereocenters. The molecule has 2 N–H and O–H groups in total. The van der Waals surface area contributed by atoms with Crippen LogP contribution in [-0.4, -0.2) is 51.0 Å². The van der Waals surface area contributed by atoms with E-state index in [-0.39, 0.29) is 24.6 Å². The van der Waals surface area contributed by atoms with Crippen molar-refractivity contribution in [2.24, 2.45) is 0 Å². The Hall–Kier alpha value is -2.28. The number of benzene rings is 1. The number of methoxy groups -OCH3 is 2. The zero-order valence-corrected chi connectivity index (χ0v) is 11.3. The molecule has 1 amide bonds. The smallest absolute Gasteiger partial charge is 0.329 e. The van der Waals surface area contributed by atoms with Gasteiger partial charge in [0.25, 0.3) is 5.91 Å². The molecular formula is C13H17NO6. The molecule has 1 aromatic rings. The average Bonchev–Trinajstić information content (AvgIpc) is 2.45. The Morgan fingerprint density at radius 3 is 2.30 bits per heavy atom. The maximum Gasteiger partial charge on any atom is 0.329 e. The van der Waals surface area contributed by atoms with Crippen LogP contribution in [0.5, 0.6) is 11.5 Å². The Morgan fingerprint density at radius 2 is 1.80 bits per heavy atom. The minimum Gasteiger partial charge on any atom is -0.496 e. The average molecular weight is 283 g/mol. The van der Waals surface area contributed by atoms with Gasteiger partial charge in [-0.2, -0.15) is 0 Å². The van der Waals surface area contributed by atoms with Gasteiger partial charge in [-0.1, -0.05) is 6.07 Å². The third kappa shape index (κ3) is 4.43. The second kappa shape index (κ2) is 8.00. The zero-order valence-electron chi connectivity index (χ0n) is 11.3. The number of carboxylic acid groups (broad SMARTS) is 1. The Balaban J connectivity index is 2.61. The van der Waals surface area contributed by atoms with Gasteiger partial charge < -0.3 is 24.6 Å². The van der Waals surface area contributed by atoms with Crippen LogP contribution in [0.2, 0.25) is 0 Å². The summed E-state index contributed by atoms with van der Waals surface area (Å²) in [4.78, 5) is 22.3. The van der Waals surface area contributed by atoms with E-state index in [9.17, 15) is 9.59 Å². The fraction of sp³-hybridized carbons (Fsp3) is 0.385. The molecule has 0 heterocycles. The van der Waals surface area contributed by atoms with Crippen molar-refractivity contribution in [3.05, 3.63) is 23.8 Å². The molecule has 0 bridgehead atoms. The summed E-state index contributed by atoms with van der Waals surface area (Å²) < 4.78 is 15.1. The lowest BCUT2D eigenvalue weighted by Crippen LogP contribution is -2.28. The molecule has 7 heteroatoms. The molecule has 0 aliphatic rings. The molecule has 20 heavy (non-hydrogen) atoms. The van der Waals surface area contributed by atoms with Crippen molar-refractivity contribution in [2.75, 3.05) is 34.0 Å². The summed E-state index contributed by atoms with van der Waals surface area (Å²) >= 11 is 0. The molecule has 0 radical (unpaired) electrons. The van der Waals surface area contributed by atoms with E-state index in [1.54, 1.807) is 18.2 Å².